The first-order chi connectivity index (χ1) is 19.1. The van der Waals surface area contributed by atoms with Crippen LogP contribution in [0.2, 0.25) is 0 Å². The summed E-state index contributed by atoms with van der Waals surface area (Å²) >= 11 is 1.75. The summed E-state index contributed by atoms with van der Waals surface area (Å²) in [5, 5.41) is 0. The lowest BCUT2D eigenvalue weighted by molar-refractivity contribution is -0.139. The molecule has 11 nitrogen and oxygen atoms in total. The number of carbonyl (C=O) groups is 2. The number of rotatable bonds is 6. The molecule has 1 amide bonds. The van der Waals surface area contributed by atoms with E-state index in [0.717, 1.165) is 86.3 Å². The summed E-state index contributed by atoms with van der Waals surface area (Å²) in [5.74, 6) is 2.20. The molecule has 3 aliphatic rings. The second-order valence-electron chi connectivity index (χ2n) is 10.6. The van der Waals surface area contributed by atoms with Crippen molar-refractivity contribution in [1.29, 1.82) is 0 Å². The number of nitrogen functional groups attached to an aromatic ring is 1. The van der Waals surface area contributed by atoms with Gasteiger partial charge in [-0.15, -0.1) is 11.3 Å². The van der Waals surface area contributed by atoms with Gasteiger partial charge < -0.3 is 25.1 Å². The Hall–Kier alpha value is -3.22. The molecule has 12 heteroatoms. The van der Waals surface area contributed by atoms with Gasteiger partial charge in [0.05, 0.1) is 29.0 Å². The number of amides is 1. The van der Waals surface area contributed by atoms with E-state index in [-0.39, 0.29) is 23.7 Å². The number of piperidine rings is 2. The Labute approximate surface area is 231 Å². The van der Waals surface area contributed by atoms with Crippen molar-refractivity contribution in [2.24, 2.45) is 11.8 Å². The van der Waals surface area contributed by atoms with Crippen LogP contribution in [0.15, 0.2) is 18.5 Å². The molecular weight excluding hydrogens is 516 g/mol. The first kappa shape index (κ1) is 26.0. The molecule has 3 fully saturated rings. The Balaban J connectivity index is 1.16. The van der Waals surface area contributed by atoms with Crippen LogP contribution in [-0.2, 0) is 20.9 Å². The van der Waals surface area contributed by atoms with Crippen molar-refractivity contribution >= 4 is 45.5 Å². The summed E-state index contributed by atoms with van der Waals surface area (Å²) in [6.45, 7) is 6.95. The third-order valence-electron chi connectivity index (χ3n) is 8.01. The maximum absolute atomic E-state index is 13.1. The third-order valence-corrected chi connectivity index (χ3v) is 9.11. The van der Waals surface area contributed by atoms with E-state index < -0.39 is 0 Å². The van der Waals surface area contributed by atoms with Gasteiger partial charge in [-0.05, 0) is 44.8 Å². The molecule has 3 aliphatic heterocycles. The van der Waals surface area contributed by atoms with Gasteiger partial charge in [-0.3, -0.25) is 9.69 Å². The molecule has 0 aliphatic carbocycles. The van der Waals surface area contributed by atoms with Crippen LogP contribution in [0.3, 0.4) is 0 Å². The van der Waals surface area contributed by atoms with Crippen LogP contribution in [-0.4, -0.2) is 94.4 Å². The van der Waals surface area contributed by atoms with Crippen molar-refractivity contribution in [3.05, 3.63) is 23.3 Å². The van der Waals surface area contributed by atoms with Gasteiger partial charge in [0.1, 0.15) is 6.29 Å². The van der Waals surface area contributed by atoms with Gasteiger partial charge in [0.2, 0.25) is 11.9 Å². The number of thiophene rings is 1. The fourth-order valence-corrected chi connectivity index (χ4v) is 6.84. The predicted octanol–water partition coefficient (Wildman–Crippen LogP) is 2.22. The standard InChI is InChI=1S/C27H34N8O3S/c28-27-29-14-20(15-30-27)24-31-22-13-21(39-23(22)25(32-24)34-9-11-38-12-10-34)16-33-5-3-19(4-6-33)26(37)35-7-1-18(17-36)2-8-35/h13-15,17-19H,1-12,16H2,(H2,28,29,30). The van der Waals surface area contributed by atoms with Crippen LogP contribution in [0.25, 0.3) is 21.6 Å². The smallest absolute Gasteiger partial charge is 0.225 e. The molecule has 6 heterocycles. The minimum atomic E-state index is 0.0833. The number of anilines is 2. The van der Waals surface area contributed by atoms with E-state index in [1.807, 2.05) is 4.90 Å². The third kappa shape index (κ3) is 5.73. The van der Waals surface area contributed by atoms with Crippen LogP contribution >= 0.6 is 11.3 Å². The lowest BCUT2D eigenvalue weighted by Gasteiger charge is -2.36. The van der Waals surface area contributed by atoms with Crippen molar-refractivity contribution in [3.63, 3.8) is 0 Å². The second-order valence-corrected chi connectivity index (χ2v) is 11.7. The van der Waals surface area contributed by atoms with E-state index in [4.69, 9.17) is 20.4 Å². The Morgan fingerprint density at radius 2 is 1.74 bits per heavy atom. The molecule has 39 heavy (non-hydrogen) atoms. The average Bonchev–Trinajstić information content (AvgIpc) is 3.40. The average molecular weight is 551 g/mol. The normalized spacial score (nSPS) is 20.0. The zero-order valence-electron chi connectivity index (χ0n) is 22.0. The van der Waals surface area contributed by atoms with Crippen molar-refractivity contribution in [3.8, 4) is 11.4 Å². The van der Waals surface area contributed by atoms with Crippen molar-refractivity contribution < 1.29 is 14.3 Å². The molecule has 0 unspecified atom stereocenters. The highest BCUT2D eigenvalue weighted by molar-refractivity contribution is 7.19. The SMILES string of the molecule is Nc1ncc(-c2nc(N3CCOCC3)c3sc(CN4CCC(C(=O)N5CCC(C=O)CC5)CC4)cc3n2)cn1. The summed E-state index contributed by atoms with van der Waals surface area (Å²) in [6, 6.07) is 2.17. The molecule has 0 aromatic carbocycles. The van der Waals surface area contributed by atoms with Gasteiger partial charge in [-0.2, -0.15) is 0 Å². The molecule has 0 saturated carbocycles. The molecule has 206 valence electrons. The van der Waals surface area contributed by atoms with Gasteiger partial charge in [0.25, 0.3) is 0 Å². The summed E-state index contributed by atoms with van der Waals surface area (Å²) < 4.78 is 6.66. The van der Waals surface area contributed by atoms with Gasteiger partial charge in [-0.1, -0.05) is 0 Å². The monoisotopic (exact) mass is 550 g/mol. The zero-order valence-corrected chi connectivity index (χ0v) is 22.8. The zero-order chi connectivity index (χ0) is 26.8. The number of fused-ring (bicyclic) bond motifs is 1. The van der Waals surface area contributed by atoms with Crippen LogP contribution in [0.5, 0.6) is 0 Å². The number of likely N-dealkylation sites (tertiary alicyclic amines) is 2. The quantitative estimate of drug-likeness (QED) is 0.456. The Kier molecular flexibility index (Phi) is 7.67. The van der Waals surface area contributed by atoms with E-state index in [0.29, 0.717) is 32.1 Å². The first-order valence-electron chi connectivity index (χ1n) is 13.7. The van der Waals surface area contributed by atoms with Crippen molar-refractivity contribution in [2.75, 3.05) is 63.1 Å². The van der Waals surface area contributed by atoms with Crippen LogP contribution in [0, 0.1) is 11.8 Å². The topological polar surface area (TPSA) is 131 Å². The van der Waals surface area contributed by atoms with Crippen LogP contribution < -0.4 is 10.6 Å². The molecule has 0 atom stereocenters. The van der Waals surface area contributed by atoms with Gasteiger partial charge in [0, 0.05) is 61.8 Å². The highest BCUT2D eigenvalue weighted by Gasteiger charge is 2.31. The summed E-state index contributed by atoms with van der Waals surface area (Å²) in [5.41, 5.74) is 7.34. The Morgan fingerprint density at radius 1 is 1.03 bits per heavy atom. The van der Waals surface area contributed by atoms with E-state index in [1.54, 1.807) is 23.7 Å². The lowest BCUT2D eigenvalue weighted by Crippen LogP contribution is -2.45. The molecule has 3 aromatic rings. The van der Waals surface area contributed by atoms with Gasteiger partial charge in [-0.25, -0.2) is 19.9 Å². The molecule has 3 saturated heterocycles. The Morgan fingerprint density at radius 3 is 2.44 bits per heavy atom. The fourth-order valence-electron chi connectivity index (χ4n) is 5.69. The summed E-state index contributed by atoms with van der Waals surface area (Å²) in [6.07, 6.45) is 7.70. The first-order valence-corrected chi connectivity index (χ1v) is 14.6. The maximum atomic E-state index is 13.1. The van der Waals surface area contributed by atoms with E-state index in [2.05, 4.69) is 25.8 Å². The Bertz CT molecular complexity index is 1310. The number of hydrogen-bond donors (Lipinski definition) is 1. The highest BCUT2D eigenvalue weighted by atomic mass is 32.1. The highest BCUT2D eigenvalue weighted by Crippen LogP contribution is 2.35. The van der Waals surface area contributed by atoms with Gasteiger partial charge >= 0.3 is 0 Å². The number of hydrogen-bond acceptors (Lipinski definition) is 11. The fraction of sp³-hybridized carbons (Fsp3) is 0.556. The second kappa shape index (κ2) is 11.5. The molecular formula is C27H34N8O3S. The summed E-state index contributed by atoms with van der Waals surface area (Å²) in [7, 11) is 0. The van der Waals surface area contributed by atoms with Crippen LogP contribution in [0.4, 0.5) is 11.8 Å². The number of morpholine rings is 1. The largest absolute Gasteiger partial charge is 0.378 e. The number of carbonyl (C=O) groups excluding carboxylic acids is 2. The number of aldehydes is 1. The van der Waals surface area contributed by atoms with Gasteiger partial charge in [0.15, 0.2) is 11.6 Å². The van der Waals surface area contributed by atoms with Crippen molar-refractivity contribution in [2.45, 2.75) is 32.2 Å². The minimum absolute atomic E-state index is 0.0833. The molecule has 0 bridgehead atoms. The van der Waals surface area contributed by atoms with Crippen molar-refractivity contribution in [1.82, 2.24) is 29.7 Å². The van der Waals surface area contributed by atoms with E-state index in [9.17, 15) is 9.59 Å². The number of aromatic nitrogens is 4. The molecule has 0 spiro atoms. The van der Waals surface area contributed by atoms with Crippen LogP contribution in [0.1, 0.15) is 30.6 Å². The summed E-state index contributed by atoms with van der Waals surface area (Å²) in [4.78, 5) is 50.1. The molecule has 2 N–H and O–H groups in total. The molecule has 6 rings (SSSR count). The molecule has 3 aromatic heterocycles. The maximum Gasteiger partial charge on any atom is 0.225 e. The molecule has 0 radical (unpaired) electrons. The number of ether oxygens (including phenoxy) is 1. The van der Waals surface area contributed by atoms with E-state index in [1.165, 1.54) is 4.88 Å². The van der Waals surface area contributed by atoms with E-state index >= 15 is 0 Å². The number of nitrogens with two attached hydrogens (primary N) is 1. The lowest BCUT2D eigenvalue weighted by atomic mass is 9.92. The predicted molar refractivity (Wildman–Crippen MR) is 149 cm³/mol. The number of nitrogens with zero attached hydrogens (tertiary/aromatic N) is 7. The minimum Gasteiger partial charge on any atom is -0.378 e.